The zero-order chi connectivity index (χ0) is 26.5. The van der Waals surface area contributed by atoms with Crippen LogP contribution in [0, 0.1) is 20.8 Å². The van der Waals surface area contributed by atoms with Gasteiger partial charge in [-0.2, -0.15) is 5.10 Å². The smallest absolute Gasteiger partial charge is 0.271 e. The Morgan fingerprint density at radius 1 is 0.842 bits per heavy atom. The molecule has 6 heteroatoms. The number of rotatable bonds is 7. The Labute approximate surface area is 225 Å². The Bertz CT molecular complexity index is 1410. The van der Waals surface area contributed by atoms with Crippen LogP contribution >= 0.6 is 0 Å². The highest BCUT2D eigenvalue weighted by atomic mass is 16.2. The first-order valence-electron chi connectivity index (χ1n) is 13.2. The van der Waals surface area contributed by atoms with Gasteiger partial charge in [0, 0.05) is 66.6 Å². The van der Waals surface area contributed by atoms with Gasteiger partial charge in [-0.1, -0.05) is 42.5 Å². The van der Waals surface area contributed by atoms with Crippen molar-refractivity contribution in [2.75, 3.05) is 31.1 Å². The molecule has 1 aromatic heterocycles. The summed E-state index contributed by atoms with van der Waals surface area (Å²) in [7, 11) is 0. The van der Waals surface area contributed by atoms with Gasteiger partial charge < -0.3 is 9.47 Å². The van der Waals surface area contributed by atoms with Crippen molar-refractivity contribution in [3.8, 4) is 5.69 Å². The van der Waals surface area contributed by atoms with E-state index in [0.29, 0.717) is 5.56 Å². The molecule has 0 aliphatic carbocycles. The lowest BCUT2D eigenvalue weighted by molar-refractivity contribution is 0.0955. The van der Waals surface area contributed by atoms with Gasteiger partial charge in [0.05, 0.1) is 6.21 Å². The molecule has 1 N–H and O–H groups in total. The van der Waals surface area contributed by atoms with Crippen molar-refractivity contribution >= 4 is 17.8 Å². The van der Waals surface area contributed by atoms with Gasteiger partial charge in [0.1, 0.15) is 0 Å². The van der Waals surface area contributed by atoms with Gasteiger partial charge in [-0.15, -0.1) is 0 Å². The van der Waals surface area contributed by atoms with Crippen molar-refractivity contribution in [1.82, 2.24) is 14.9 Å². The van der Waals surface area contributed by atoms with E-state index in [1.165, 1.54) is 16.8 Å². The monoisotopic (exact) mass is 505 g/mol. The minimum atomic E-state index is -0.211. The van der Waals surface area contributed by atoms with Gasteiger partial charge in [-0.3, -0.25) is 9.69 Å². The molecule has 1 amide bonds. The number of piperazine rings is 1. The second-order valence-corrected chi connectivity index (χ2v) is 10.00. The fraction of sp³-hybridized carbons (Fsp3) is 0.250. The number of carbonyl (C=O) groups is 1. The molecule has 194 valence electrons. The van der Waals surface area contributed by atoms with E-state index in [-0.39, 0.29) is 5.91 Å². The predicted molar refractivity (Wildman–Crippen MR) is 155 cm³/mol. The quantitative estimate of drug-likeness (QED) is 0.267. The van der Waals surface area contributed by atoms with Crippen LogP contribution in [0.15, 0.2) is 90.0 Å². The number of carbonyl (C=O) groups excluding carboxylic acids is 1. The lowest BCUT2D eigenvalue weighted by atomic mass is 10.1. The van der Waals surface area contributed by atoms with Crippen LogP contribution in [0.25, 0.3) is 5.69 Å². The van der Waals surface area contributed by atoms with Crippen LogP contribution < -0.4 is 10.3 Å². The van der Waals surface area contributed by atoms with Crippen molar-refractivity contribution in [2.45, 2.75) is 27.3 Å². The largest absolute Gasteiger partial charge is 0.369 e. The summed E-state index contributed by atoms with van der Waals surface area (Å²) in [4.78, 5) is 17.6. The molecule has 5 rings (SSSR count). The minimum Gasteiger partial charge on any atom is -0.369 e. The average Bonchev–Trinajstić information content (AvgIpc) is 3.22. The first-order chi connectivity index (χ1) is 18.5. The number of amides is 1. The Morgan fingerprint density at radius 3 is 2.26 bits per heavy atom. The van der Waals surface area contributed by atoms with Gasteiger partial charge in [-0.05, 0) is 74.4 Å². The number of benzene rings is 3. The summed E-state index contributed by atoms with van der Waals surface area (Å²) in [5.74, 6) is -0.211. The zero-order valence-electron chi connectivity index (χ0n) is 22.4. The van der Waals surface area contributed by atoms with Crippen LogP contribution in [-0.2, 0) is 6.54 Å². The molecule has 6 nitrogen and oxygen atoms in total. The second kappa shape index (κ2) is 11.5. The third-order valence-corrected chi connectivity index (χ3v) is 7.22. The SMILES string of the molecule is Cc1cccc(-n2c(C)cc(/C=N/NC(=O)c3ccc(CN4CCN(c5ccccc5)CC4)cc3)c2C)c1. The summed E-state index contributed by atoms with van der Waals surface area (Å²) in [6.07, 6.45) is 1.72. The van der Waals surface area contributed by atoms with E-state index in [1.807, 2.05) is 24.3 Å². The highest BCUT2D eigenvalue weighted by molar-refractivity contribution is 5.95. The Balaban J connectivity index is 1.14. The van der Waals surface area contributed by atoms with Crippen molar-refractivity contribution in [3.05, 3.63) is 119 Å². The highest BCUT2D eigenvalue weighted by Crippen LogP contribution is 2.21. The van der Waals surface area contributed by atoms with Gasteiger partial charge in [-0.25, -0.2) is 5.43 Å². The normalized spacial score (nSPS) is 14.2. The number of aryl methyl sites for hydroxylation is 2. The number of hydrogen-bond acceptors (Lipinski definition) is 4. The van der Waals surface area contributed by atoms with E-state index < -0.39 is 0 Å². The summed E-state index contributed by atoms with van der Waals surface area (Å²) in [6.45, 7) is 11.2. The molecule has 0 spiro atoms. The molecule has 0 bridgehead atoms. The topological polar surface area (TPSA) is 52.9 Å². The molecule has 0 unspecified atom stereocenters. The number of hydrogen-bond donors (Lipinski definition) is 1. The third-order valence-electron chi connectivity index (χ3n) is 7.22. The number of nitrogens with zero attached hydrogens (tertiary/aromatic N) is 4. The predicted octanol–water partition coefficient (Wildman–Crippen LogP) is 5.49. The highest BCUT2D eigenvalue weighted by Gasteiger charge is 2.17. The molecular formula is C32H35N5O. The fourth-order valence-electron chi connectivity index (χ4n) is 5.13. The zero-order valence-corrected chi connectivity index (χ0v) is 22.4. The Morgan fingerprint density at radius 2 is 1.55 bits per heavy atom. The fourth-order valence-corrected chi connectivity index (χ4v) is 5.13. The van der Waals surface area contributed by atoms with Crippen molar-refractivity contribution in [2.24, 2.45) is 5.10 Å². The average molecular weight is 506 g/mol. The van der Waals surface area contributed by atoms with Crippen LogP contribution in [0.1, 0.15) is 38.4 Å². The first kappa shape index (κ1) is 25.5. The number of para-hydroxylation sites is 1. The molecule has 0 radical (unpaired) electrons. The molecule has 38 heavy (non-hydrogen) atoms. The molecule has 3 aromatic carbocycles. The lowest BCUT2D eigenvalue weighted by Crippen LogP contribution is -2.45. The van der Waals surface area contributed by atoms with Crippen molar-refractivity contribution in [1.29, 1.82) is 0 Å². The number of hydrazone groups is 1. The van der Waals surface area contributed by atoms with Crippen LogP contribution in [0.2, 0.25) is 0 Å². The van der Waals surface area contributed by atoms with Crippen LogP contribution in [0.5, 0.6) is 0 Å². The number of aromatic nitrogens is 1. The van der Waals surface area contributed by atoms with E-state index in [4.69, 9.17) is 0 Å². The maximum atomic E-state index is 12.7. The Kier molecular flexibility index (Phi) is 7.70. The molecule has 1 aliphatic heterocycles. The molecule has 0 atom stereocenters. The number of nitrogens with one attached hydrogen (secondary N) is 1. The van der Waals surface area contributed by atoms with Gasteiger partial charge in [0.15, 0.2) is 0 Å². The standard InChI is InChI=1S/C32H35N5O/c1-24-8-7-11-31(20-24)37-25(2)21-29(26(37)3)22-33-34-32(38)28-14-12-27(13-15-28)23-35-16-18-36(19-17-35)30-9-5-4-6-10-30/h4-15,20-22H,16-19,23H2,1-3H3,(H,34,38)/b33-22+. The maximum absolute atomic E-state index is 12.7. The van der Waals surface area contributed by atoms with Crippen molar-refractivity contribution < 1.29 is 4.79 Å². The number of anilines is 1. The Hall–Kier alpha value is -4.16. The van der Waals surface area contributed by atoms with E-state index in [2.05, 4.69) is 106 Å². The molecule has 0 saturated carbocycles. The second-order valence-electron chi connectivity index (χ2n) is 10.00. The molecule has 1 aliphatic rings. The molecule has 4 aromatic rings. The minimum absolute atomic E-state index is 0.211. The van der Waals surface area contributed by atoms with Crippen LogP contribution in [-0.4, -0.2) is 47.8 Å². The summed E-state index contributed by atoms with van der Waals surface area (Å²) in [5.41, 5.74) is 11.3. The van der Waals surface area contributed by atoms with Crippen molar-refractivity contribution in [3.63, 3.8) is 0 Å². The first-order valence-corrected chi connectivity index (χ1v) is 13.2. The molecular weight excluding hydrogens is 470 g/mol. The maximum Gasteiger partial charge on any atom is 0.271 e. The lowest BCUT2D eigenvalue weighted by Gasteiger charge is -2.36. The van der Waals surface area contributed by atoms with E-state index in [0.717, 1.165) is 55.4 Å². The third kappa shape index (κ3) is 5.87. The molecule has 2 heterocycles. The van der Waals surface area contributed by atoms with E-state index >= 15 is 0 Å². The molecule has 1 saturated heterocycles. The van der Waals surface area contributed by atoms with Crippen LogP contribution in [0.4, 0.5) is 5.69 Å². The summed E-state index contributed by atoms with van der Waals surface area (Å²) >= 11 is 0. The van der Waals surface area contributed by atoms with Crippen LogP contribution in [0.3, 0.4) is 0 Å². The van der Waals surface area contributed by atoms with E-state index in [1.54, 1.807) is 6.21 Å². The van der Waals surface area contributed by atoms with Gasteiger partial charge in [0.25, 0.3) is 5.91 Å². The van der Waals surface area contributed by atoms with Gasteiger partial charge in [0.2, 0.25) is 0 Å². The summed E-state index contributed by atoms with van der Waals surface area (Å²) in [6, 6.07) is 28.9. The summed E-state index contributed by atoms with van der Waals surface area (Å²) in [5, 5.41) is 4.24. The summed E-state index contributed by atoms with van der Waals surface area (Å²) < 4.78 is 2.20. The molecule has 1 fully saturated rings. The van der Waals surface area contributed by atoms with E-state index in [9.17, 15) is 4.79 Å². The van der Waals surface area contributed by atoms with Gasteiger partial charge >= 0.3 is 0 Å².